The van der Waals surface area contributed by atoms with Gasteiger partial charge in [0.1, 0.15) is 18.2 Å². The lowest BCUT2D eigenvalue weighted by atomic mass is 10.1. The Morgan fingerprint density at radius 1 is 1.24 bits per heavy atom. The Labute approximate surface area is 123 Å². The fraction of sp³-hybridized carbons (Fsp3) is 0.467. The number of aliphatic hydroxyl groups excluding tert-OH is 2. The van der Waals surface area contributed by atoms with E-state index in [0.717, 1.165) is 0 Å². The van der Waals surface area contributed by atoms with Gasteiger partial charge in [0, 0.05) is 11.6 Å². The number of carbonyl (C=O) groups excluding carboxylic acids is 2. The van der Waals surface area contributed by atoms with Crippen LogP contribution in [-0.4, -0.2) is 57.8 Å². The Kier molecular flexibility index (Phi) is 4.59. The van der Waals surface area contributed by atoms with Gasteiger partial charge in [-0.25, -0.2) is 0 Å². The quantitative estimate of drug-likeness (QED) is 0.717. The molecule has 0 radical (unpaired) electrons. The number of hydrogen-bond donors (Lipinski definition) is 3. The molecule has 3 N–H and O–H groups in total. The highest BCUT2D eigenvalue weighted by molar-refractivity contribution is 5.98. The maximum Gasteiger partial charge on any atom is 0.254 e. The highest BCUT2D eigenvalue weighted by Gasteiger charge is 2.46. The van der Waals surface area contributed by atoms with Crippen LogP contribution in [0.2, 0.25) is 0 Å². The van der Waals surface area contributed by atoms with Crippen LogP contribution in [0.5, 0.6) is 0 Å². The van der Waals surface area contributed by atoms with Crippen LogP contribution in [0.1, 0.15) is 24.2 Å². The molecule has 0 saturated carbocycles. The molecule has 114 valence electrons. The normalized spacial score (nSPS) is 25.2. The number of aliphatic hydroxyl groups is 2. The lowest BCUT2D eigenvalue weighted by molar-refractivity contribution is -0.128. The SMILES string of the molecule is CC(C)NC(=O)[C@@H]1[C@@H](O)[C@@H](O)CN1C(=O)c1ccccc1. The lowest BCUT2D eigenvalue weighted by Gasteiger charge is -2.26. The number of nitrogens with zero attached hydrogens (tertiary/aromatic N) is 1. The van der Waals surface area contributed by atoms with E-state index in [9.17, 15) is 19.8 Å². The van der Waals surface area contributed by atoms with E-state index in [0.29, 0.717) is 5.56 Å². The highest BCUT2D eigenvalue weighted by Crippen LogP contribution is 2.21. The van der Waals surface area contributed by atoms with E-state index in [1.54, 1.807) is 44.2 Å². The average molecular weight is 292 g/mol. The monoisotopic (exact) mass is 292 g/mol. The minimum Gasteiger partial charge on any atom is -0.388 e. The number of hydrogen-bond acceptors (Lipinski definition) is 4. The molecule has 0 unspecified atom stereocenters. The summed E-state index contributed by atoms with van der Waals surface area (Å²) in [6.07, 6.45) is -2.41. The van der Waals surface area contributed by atoms with Crippen molar-refractivity contribution in [2.75, 3.05) is 6.54 Å². The zero-order valence-electron chi connectivity index (χ0n) is 12.1. The van der Waals surface area contributed by atoms with Crippen molar-refractivity contribution >= 4 is 11.8 Å². The zero-order chi connectivity index (χ0) is 15.6. The van der Waals surface area contributed by atoms with Crippen LogP contribution in [-0.2, 0) is 4.79 Å². The van der Waals surface area contributed by atoms with Gasteiger partial charge in [0.2, 0.25) is 5.91 Å². The third-order valence-corrected chi connectivity index (χ3v) is 3.42. The Morgan fingerprint density at radius 2 is 1.86 bits per heavy atom. The highest BCUT2D eigenvalue weighted by atomic mass is 16.3. The van der Waals surface area contributed by atoms with Crippen LogP contribution in [0.15, 0.2) is 30.3 Å². The molecule has 1 saturated heterocycles. The molecule has 1 aromatic rings. The van der Waals surface area contributed by atoms with E-state index in [4.69, 9.17) is 0 Å². The molecule has 6 nitrogen and oxygen atoms in total. The minimum absolute atomic E-state index is 0.0644. The van der Waals surface area contributed by atoms with Crippen molar-refractivity contribution in [2.24, 2.45) is 0 Å². The molecule has 1 aromatic carbocycles. The van der Waals surface area contributed by atoms with Crippen molar-refractivity contribution in [3.05, 3.63) is 35.9 Å². The van der Waals surface area contributed by atoms with Crippen molar-refractivity contribution in [1.29, 1.82) is 0 Å². The summed E-state index contributed by atoms with van der Waals surface area (Å²) in [6, 6.07) is 7.31. The van der Waals surface area contributed by atoms with Crippen molar-refractivity contribution in [2.45, 2.75) is 38.1 Å². The van der Waals surface area contributed by atoms with E-state index in [1.165, 1.54) is 4.90 Å². The first-order valence-electron chi connectivity index (χ1n) is 6.94. The average Bonchev–Trinajstić information content (AvgIpc) is 2.74. The van der Waals surface area contributed by atoms with Crippen LogP contribution < -0.4 is 5.32 Å². The molecule has 1 heterocycles. The molecule has 1 aliphatic heterocycles. The third kappa shape index (κ3) is 3.22. The molecule has 21 heavy (non-hydrogen) atoms. The molecule has 6 heteroatoms. The van der Waals surface area contributed by atoms with Gasteiger partial charge in [-0.2, -0.15) is 0 Å². The lowest BCUT2D eigenvalue weighted by Crippen LogP contribution is -2.52. The van der Waals surface area contributed by atoms with Gasteiger partial charge in [-0.05, 0) is 26.0 Å². The fourth-order valence-corrected chi connectivity index (χ4v) is 2.44. The number of rotatable bonds is 3. The minimum atomic E-state index is -1.28. The Hall–Kier alpha value is -1.92. The molecule has 0 aliphatic carbocycles. The van der Waals surface area contributed by atoms with Crippen molar-refractivity contribution in [1.82, 2.24) is 10.2 Å². The maximum absolute atomic E-state index is 12.5. The summed E-state index contributed by atoms with van der Waals surface area (Å²) in [4.78, 5) is 25.9. The number of nitrogens with one attached hydrogen (secondary N) is 1. The summed E-state index contributed by atoms with van der Waals surface area (Å²) in [5.74, 6) is -0.839. The van der Waals surface area contributed by atoms with E-state index in [2.05, 4.69) is 5.32 Å². The van der Waals surface area contributed by atoms with Gasteiger partial charge in [-0.1, -0.05) is 18.2 Å². The Bertz CT molecular complexity index is 518. The summed E-state index contributed by atoms with van der Waals surface area (Å²) in [6.45, 7) is 3.52. The number of β-amino-alcohol motifs (C(OH)–C–C–N with tert-alkyl or cyclic N) is 1. The van der Waals surface area contributed by atoms with Crippen molar-refractivity contribution in [3.8, 4) is 0 Å². The largest absolute Gasteiger partial charge is 0.388 e. The molecular formula is C15H20N2O4. The van der Waals surface area contributed by atoms with E-state index < -0.39 is 24.2 Å². The number of carbonyl (C=O) groups is 2. The van der Waals surface area contributed by atoms with Crippen LogP contribution in [0, 0.1) is 0 Å². The summed E-state index contributed by atoms with van der Waals surface area (Å²) >= 11 is 0. The summed E-state index contributed by atoms with van der Waals surface area (Å²) in [5, 5.41) is 22.5. The first-order valence-corrected chi connectivity index (χ1v) is 6.94. The number of benzene rings is 1. The smallest absolute Gasteiger partial charge is 0.254 e. The van der Waals surface area contributed by atoms with E-state index in [1.807, 2.05) is 0 Å². The topological polar surface area (TPSA) is 89.9 Å². The van der Waals surface area contributed by atoms with Gasteiger partial charge in [-0.15, -0.1) is 0 Å². The first kappa shape index (κ1) is 15.5. The van der Waals surface area contributed by atoms with Crippen LogP contribution >= 0.6 is 0 Å². The van der Waals surface area contributed by atoms with Gasteiger partial charge >= 0.3 is 0 Å². The molecule has 1 aliphatic rings. The predicted molar refractivity (Wildman–Crippen MR) is 76.6 cm³/mol. The molecule has 1 fully saturated rings. The third-order valence-electron chi connectivity index (χ3n) is 3.42. The second kappa shape index (κ2) is 6.24. The van der Waals surface area contributed by atoms with Crippen LogP contribution in [0.4, 0.5) is 0 Å². The Balaban J connectivity index is 2.24. The van der Waals surface area contributed by atoms with Gasteiger partial charge in [-0.3, -0.25) is 9.59 Å². The molecule has 0 spiro atoms. The maximum atomic E-state index is 12.5. The van der Waals surface area contributed by atoms with Crippen LogP contribution in [0.25, 0.3) is 0 Å². The number of likely N-dealkylation sites (tertiary alicyclic amines) is 1. The summed E-state index contributed by atoms with van der Waals surface area (Å²) in [7, 11) is 0. The molecule has 2 amide bonds. The van der Waals surface area contributed by atoms with Gasteiger partial charge in [0.25, 0.3) is 5.91 Å². The summed E-state index contributed by atoms with van der Waals surface area (Å²) in [5.41, 5.74) is 0.418. The summed E-state index contributed by atoms with van der Waals surface area (Å²) < 4.78 is 0. The zero-order valence-corrected chi connectivity index (χ0v) is 12.1. The molecule has 3 atom stereocenters. The fourth-order valence-electron chi connectivity index (χ4n) is 2.44. The second-order valence-corrected chi connectivity index (χ2v) is 5.49. The van der Waals surface area contributed by atoms with Crippen molar-refractivity contribution in [3.63, 3.8) is 0 Å². The predicted octanol–water partition coefficient (Wildman–Crippen LogP) is -0.243. The molecular weight excluding hydrogens is 272 g/mol. The molecule has 0 bridgehead atoms. The van der Waals surface area contributed by atoms with Crippen molar-refractivity contribution < 1.29 is 19.8 Å². The van der Waals surface area contributed by atoms with E-state index >= 15 is 0 Å². The van der Waals surface area contributed by atoms with Gasteiger partial charge in [0.05, 0.1) is 6.54 Å². The second-order valence-electron chi connectivity index (χ2n) is 5.49. The van der Waals surface area contributed by atoms with Gasteiger partial charge in [0.15, 0.2) is 0 Å². The standard InChI is InChI=1S/C15H20N2O4/c1-9(2)16-14(20)12-13(19)11(18)8-17(12)15(21)10-6-4-3-5-7-10/h3-7,9,11-13,18-19H,8H2,1-2H3,(H,16,20)/t11-,12-,13-/m0/s1. The molecule has 2 rings (SSSR count). The first-order chi connectivity index (χ1) is 9.91. The van der Waals surface area contributed by atoms with Gasteiger partial charge < -0.3 is 20.4 Å². The Morgan fingerprint density at radius 3 is 2.43 bits per heavy atom. The van der Waals surface area contributed by atoms with Crippen LogP contribution in [0.3, 0.4) is 0 Å². The molecule has 0 aromatic heterocycles. The van der Waals surface area contributed by atoms with E-state index in [-0.39, 0.29) is 18.5 Å². The number of amides is 2.